The lowest BCUT2D eigenvalue weighted by Crippen LogP contribution is -2.26. The van der Waals surface area contributed by atoms with Gasteiger partial charge in [0.25, 0.3) is 12.0 Å². The number of hydrogen-bond acceptors (Lipinski definition) is 4. The number of nitrogens with one attached hydrogen (secondary N) is 1. The van der Waals surface area contributed by atoms with Gasteiger partial charge in [0.15, 0.2) is 0 Å². The lowest BCUT2D eigenvalue weighted by molar-refractivity contribution is -0.275. The predicted molar refractivity (Wildman–Crippen MR) is 54.7 cm³/mol. The van der Waals surface area contributed by atoms with Gasteiger partial charge in [-0.15, -0.1) is 13.2 Å². The van der Waals surface area contributed by atoms with Gasteiger partial charge in [-0.1, -0.05) is 0 Å². The zero-order chi connectivity index (χ0) is 15.5. The van der Waals surface area contributed by atoms with Crippen LogP contribution in [-0.2, 0) is 4.74 Å². The Kier molecular flexibility index (Phi) is 4.69. The largest absolute Gasteiger partial charge is 0.573 e. The molecule has 0 saturated carbocycles. The van der Waals surface area contributed by atoms with Gasteiger partial charge < -0.3 is 14.5 Å². The number of carbonyl (C=O) groups excluding carboxylic acids is 1. The number of alkyl halides is 5. The first kappa shape index (κ1) is 15.9. The van der Waals surface area contributed by atoms with Gasteiger partial charge in [0, 0.05) is 6.20 Å². The van der Waals surface area contributed by atoms with E-state index < -0.39 is 41.2 Å². The average Bonchev–Trinajstić information content (AvgIpc) is 2.29. The number of ether oxygens (including phenoxy) is 2. The highest BCUT2D eigenvalue weighted by Crippen LogP contribution is 2.30. The molecule has 0 amide bonds. The molecule has 0 aliphatic carbocycles. The number of carbonyl (C=O) groups is 1. The van der Waals surface area contributed by atoms with Crippen molar-refractivity contribution in [1.82, 2.24) is 4.98 Å². The molecular weight excluding hydrogens is 293 g/mol. The van der Waals surface area contributed by atoms with E-state index in [0.29, 0.717) is 6.20 Å². The second kappa shape index (κ2) is 5.88. The minimum atomic E-state index is -5.32. The summed E-state index contributed by atoms with van der Waals surface area (Å²) in [5, 5.41) is 0. The van der Waals surface area contributed by atoms with Crippen LogP contribution in [0.1, 0.15) is 29.3 Å². The van der Waals surface area contributed by atoms with E-state index in [-0.39, 0.29) is 6.61 Å². The van der Waals surface area contributed by atoms with E-state index >= 15 is 0 Å². The fraction of sp³-hybridized carbons (Fsp3) is 0.400. The molecule has 0 radical (unpaired) electrons. The van der Waals surface area contributed by atoms with Crippen molar-refractivity contribution in [3.8, 4) is 5.75 Å². The summed E-state index contributed by atoms with van der Waals surface area (Å²) >= 11 is 0. The molecule has 0 aliphatic rings. The molecule has 0 fully saturated rings. The first-order chi connectivity index (χ1) is 9.17. The SMILES string of the molecule is CCOC(=O)c1c(C(F)F)c[nH]c(=O)c1OC(F)(F)F. The zero-order valence-corrected chi connectivity index (χ0v) is 9.88. The molecule has 0 atom stereocenters. The van der Waals surface area contributed by atoms with Crippen LogP contribution in [0, 0.1) is 0 Å². The highest BCUT2D eigenvalue weighted by Gasteiger charge is 2.37. The van der Waals surface area contributed by atoms with Crippen LogP contribution < -0.4 is 10.3 Å². The van der Waals surface area contributed by atoms with E-state index in [1.165, 1.54) is 6.92 Å². The van der Waals surface area contributed by atoms with Gasteiger partial charge in [-0.05, 0) is 6.92 Å². The van der Waals surface area contributed by atoms with Gasteiger partial charge in [-0.25, -0.2) is 13.6 Å². The Morgan fingerprint density at radius 2 is 2.00 bits per heavy atom. The van der Waals surface area contributed by atoms with Crippen LogP contribution in [0.25, 0.3) is 0 Å². The number of esters is 1. The van der Waals surface area contributed by atoms with Crippen LogP contribution >= 0.6 is 0 Å². The minimum Gasteiger partial charge on any atom is -0.462 e. The molecule has 1 heterocycles. The van der Waals surface area contributed by atoms with E-state index in [4.69, 9.17) is 0 Å². The molecular formula is C10H8F5NO4. The summed E-state index contributed by atoms with van der Waals surface area (Å²) < 4.78 is 69.6. The Morgan fingerprint density at radius 1 is 1.40 bits per heavy atom. The van der Waals surface area contributed by atoms with Crippen molar-refractivity contribution < 1.29 is 36.2 Å². The van der Waals surface area contributed by atoms with Crippen molar-refractivity contribution in [3.05, 3.63) is 27.7 Å². The molecule has 20 heavy (non-hydrogen) atoms. The molecule has 0 bridgehead atoms. The molecule has 1 aromatic rings. The number of rotatable bonds is 4. The van der Waals surface area contributed by atoms with Crippen molar-refractivity contribution in [3.63, 3.8) is 0 Å². The van der Waals surface area contributed by atoms with E-state index in [2.05, 4.69) is 9.47 Å². The standard InChI is InChI=1S/C10H8F5NO4/c1-2-19-9(18)5-4(7(11)12)3-16-8(17)6(5)20-10(13,14)15/h3,7H,2H2,1H3,(H,16,17). The Labute approximate surface area is 108 Å². The molecule has 0 unspecified atom stereocenters. The predicted octanol–water partition coefficient (Wildman–Crippen LogP) is 2.39. The number of pyridine rings is 1. The third-order valence-electron chi connectivity index (χ3n) is 2.01. The van der Waals surface area contributed by atoms with Crippen LogP contribution in [0.3, 0.4) is 0 Å². The fourth-order valence-corrected chi connectivity index (χ4v) is 1.32. The lowest BCUT2D eigenvalue weighted by Gasteiger charge is -2.14. The van der Waals surface area contributed by atoms with E-state index in [9.17, 15) is 31.5 Å². The smallest absolute Gasteiger partial charge is 0.462 e. The lowest BCUT2D eigenvalue weighted by atomic mass is 10.1. The van der Waals surface area contributed by atoms with Gasteiger partial charge >= 0.3 is 12.3 Å². The summed E-state index contributed by atoms with van der Waals surface area (Å²) in [7, 11) is 0. The van der Waals surface area contributed by atoms with Crippen molar-refractivity contribution in [2.24, 2.45) is 0 Å². The summed E-state index contributed by atoms with van der Waals surface area (Å²) in [6, 6.07) is 0. The van der Waals surface area contributed by atoms with Gasteiger partial charge in [0.2, 0.25) is 5.75 Å². The first-order valence-electron chi connectivity index (χ1n) is 5.14. The molecule has 0 aromatic carbocycles. The second-order valence-corrected chi connectivity index (χ2v) is 3.35. The Hall–Kier alpha value is -2.13. The first-order valence-corrected chi connectivity index (χ1v) is 5.14. The second-order valence-electron chi connectivity index (χ2n) is 3.35. The number of halogens is 5. The van der Waals surface area contributed by atoms with E-state index in [1.807, 2.05) is 0 Å². The van der Waals surface area contributed by atoms with E-state index in [1.54, 1.807) is 4.98 Å². The summed E-state index contributed by atoms with van der Waals surface area (Å²) in [5.74, 6) is -3.08. The number of aromatic amines is 1. The maximum absolute atomic E-state index is 12.7. The maximum Gasteiger partial charge on any atom is 0.573 e. The molecule has 1 rings (SSSR count). The van der Waals surface area contributed by atoms with Gasteiger partial charge in [-0.2, -0.15) is 0 Å². The van der Waals surface area contributed by atoms with Crippen molar-refractivity contribution in [2.75, 3.05) is 6.61 Å². The molecule has 0 saturated heterocycles. The van der Waals surface area contributed by atoms with Crippen LogP contribution in [0.15, 0.2) is 11.0 Å². The molecule has 0 aliphatic heterocycles. The molecule has 1 N–H and O–H groups in total. The van der Waals surface area contributed by atoms with Crippen LogP contribution in [-0.4, -0.2) is 23.9 Å². The summed E-state index contributed by atoms with van der Waals surface area (Å²) in [6.07, 6.45) is -8.20. The van der Waals surface area contributed by atoms with Crippen molar-refractivity contribution in [2.45, 2.75) is 19.7 Å². The summed E-state index contributed by atoms with van der Waals surface area (Å²) in [5.41, 5.74) is -3.85. The molecule has 5 nitrogen and oxygen atoms in total. The highest BCUT2D eigenvalue weighted by atomic mass is 19.4. The monoisotopic (exact) mass is 301 g/mol. The summed E-state index contributed by atoms with van der Waals surface area (Å²) in [4.78, 5) is 24.4. The van der Waals surface area contributed by atoms with Gasteiger partial charge in [-0.3, -0.25) is 4.79 Å². The molecule has 10 heteroatoms. The maximum atomic E-state index is 12.7. The number of aromatic nitrogens is 1. The molecule has 112 valence electrons. The Morgan fingerprint density at radius 3 is 2.45 bits per heavy atom. The zero-order valence-electron chi connectivity index (χ0n) is 9.88. The fourth-order valence-electron chi connectivity index (χ4n) is 1.32. The quantitative estimate of drug-likeness (QED) is 0.685. The number of H-pyrrole nitrogens is 1. The summed E-state index contributed by atoms with van der Waals surface area (Å²) in [6.45, 7) is 1.04. The van der Waals surface area contributed by atoms with E-state index in [0.717, 1.165) is 0 Å². The Balaban J connectivity index is 3.50. The average molecular weight is 301 g/mol. The van der Waals surface area contributed by atoms with Gasteiger partial charge in [0.05, 0.1) is 12.2 Å². The van der Waals surface area contributed by atoms with Crippen LogP contribution in [0.2, 0.25) is 0 Å². The highest BCUT2D eigenvalue weighted by molar-refractivity contribution is 5.94. The minimum absolute atomic E-state index is 0.278. The molecule has 0 spiro atoms. The third-order valence-corrected chi connectivity index (χ3v) is 2.01. The number of hydrogen-bond donors (Lipinski definition) is 1. The topological polar surface area (TPSA) is 68.4 Å². The third kappa shape index (κ3) is 3.68. The normalized spacial score (nSPS) is 11.6. The van der Waals surface area contributed by atoms with Crippen molar-refractivity contribution >= 4 is 5.97 Å². The Bertz CT molecular complexity index is 552. The molecule has 1 aromatic heterocycles. The van der Waals surface area contributed by atoms with Crippen LogP contribution in [0.4, 0.5) is 22.0 Å². The van der Waals surface area contributed by atoms with Crippen LogP contribution in [0.5, 0.6) is 5.75 Å². The van der Waals surface area contributed by atoms with Crippen molar-refractivity contribution in [1.29, 1.82) is 0 Å². The van der Waals surface area contributed by atoms with Gasteiger partial charge in [0.1, 0.15) is 5.56 Å².